The van der Waals surface area contributed by atoms with Crippen molar-refractivity contribution in [1.29, 1.82) is 0 Å². The quantitative estimate of drug-likeness (QED) is 0.651. The van der Waals surface area contributed by atoms with Crippen LogP contribution in [0.4, 0.5) is 23.0 Å². The Morgan fingerprint density at radius 3 is 2.74 bits per heavy atom. The number of aromatic nitrogens is 2. The van der Waals surface area contributed by atoms with Gasteiger partial charge in [-0.1, -0.05) is 6.07 Å². The SMILES string of the molecule is Nc1ccc(Nc2ccc3ncccc3c2)nc1N. The van der Waals surface area contributed by atoms with Crippen molar-refractivity contribution >= 4 is 33.9 Å². The van der Waals surface area contributed by atoms with Crippen LogP contribution in [0.1, 0.15) is 0 Å². The molecule has 0 atom stereocenters. The fourth-order valence-electron chi connectivity index (χ4n) is 1.86. The number of nitrogens with zero attached hydrogens (tertiary/aromatic N) is 2. The van der Waals surface area contributed by atoms with E-state index >= 15 is 0 Å². The molecule has 0 fully saturated rings. The van der Waals surface area contributed by atoms with Crippen LogP contribution < -0.4 is 16.8 Å². The summed E-state index contributed by atoms with van der Waals surface area (Å²) in [5, 5.41) is 4.26. The zero-order valence-electron chi connectivity index (χ0n) is 10.2. The van der Waals surface area contributed by atoms with E-state index in [1.165, 1.54) is 0 Å². The predicted molar refractivity (Wildman–Crippen MR) is 78.1 cm³/mol. The topological polar surface area (TPSA) is 89.8 Å². The molecule has 0 aliphatic rings. The molecule has 19 heavy (non-hydrogen) atoms. The number of hydrogen-bond acceptors (Lipinski definition) is 5. The molecule has 5 N–H and O–H groups in total. The van der Waals surface area contributed by atoms with Crippen LogP contribution in [0.5, 0.6) is 0 Å². The largest absolute Gasteiger partial charge is 0.396 e. The zero-order chi connectivity index (χ0) is 13.2. The van der Waals surface area contributed by atoms with Gasteiger partial charge in [-0.15, -0.1) is 0 Å². The van der Waals surface area contributed by atoms with Gasteiger partial charge in [0.1, 0.15) is 11.6 Å². The molecule has 5 nitrogen and oxygen atoms in total. The molecule has 2 aromatic heterocycles. The van der Waals surface area contributed by atoms with Gasteiger partial charge >= 0.3 is 0 Å². The molecule has 5 heteroatoms. The van der Waals surface area contributed by atoms with Gasteiger partial charge in [0.2, 0.25) is 0 Å². The Labute approximate surface area is 110 Å². The summed E-state index contributed by atoms with van der Waals surface area (Å²) in [5.41, 5.74) is 13.7. The maximum Gasteiger partial charge on any atom is 0.149 e. The highest BCUT2D eigenvalue weighted by molar-refractivity contribution is 5.83. The summed E-state index contributed by atoms with van der Waals surface area (Å²) >= 11 is 0. The lowest BCUT2D eigenvalue weighted by atomic mass is 10.2. The van der Waals surface area contributed by atoms with E-state index in [2.05, 4.69) is 15.3 Å². The first-order valence-electron chi connectivity index (χ1n) is 5.86. The standard InChI is InChI=1S/C14H13N5/c15-11-4-6-13(19-14(11)16)18-10-3-5-12-9(8-10)2-1-7-17-12/h1-8H,15H2,(H3,16,18,19). The maximum absolute atomic E-state index is 5.68. The van der Waals surface area contributed by atoms with Crippen molar-refractivity contribution < 1.29 is 0 Å². The van der Waals surface area contributed by atoms with Crippen molar-refractivity contribution in [3.8, 4) is 0 Å². The lowest BCUT2D eigenvalue weighted by Gasteiger charge is -2.08. The second kappa shape index (κ2) is 4.45. The number of hydrogen-bond donors (Lipinski definition) is 3. The minimum atomic E-state index is 0.326. The monoisotopic (exact) mass is 251 g/mol. The summed E-state index contributed by atoms with van der Waals surface area (Å²) in [7, 11) is 0. The van der Waals surface area contributed by atoms with Crippen LogP contribution in [0.2, 0.25) is 0 Å². The molecule has 0 aliphatic heterocycles. The van der Waals surface area contributed by atoms with Gasteiger partial charge < -0.3 is 16.8 Å². The molecule has 0 saturated heterocycles. The first kappa shape index (κ1) is 11.3. The third-order valence-electron chi connectivity index (χ3n) is 2.83. The zero-order valence-corrected chi connectivity index (χ0v) is 10.2. The molecular weight excluding hydrogens is 238 g/mol. The van der Waals surface area contributed by atoms with Gasteiger partial charge in [-0.05, 0) is 36.4 Å². The third kappa shape index (κ3) is 2.26. The van der Waals surface area contributed by atoms with Crippen LogP contribution in [0.25, 0.3) is 10.9 Å². The van der Waals surface area contributed by atoms with E-state index in [4.69, 9.17) is 11.5 Å². The number of nitrogen functional groups attached to an aromatic ring is 2. The van der Waals surface area contributed by atoms with Crippen LogP contribution in [0.15, 0.2) is 48.7 Å². The molecule has 1 aromatic carbocycles. The third-order valence-corrected chi connectivity index (χ3v) is 2.83. The number of anilines is 4. The number of nitrogens with two attached hydrogens (primary N) is 2. The van der Waals surface area contributed by atoms with Gasteiger partial charge in [0.05, 0.1) is 11.2 Å². The highest BCUT2D eigenvalue weighted by Crippen LogP contribution is 2.22. The summed E-state index contributed by atoms with van der Waals surface area (Å²) in [4.78, 5) is 8.45. The van der Waals surface area contributed by atoms with Crippen LogP contribution in [0.3, 0.4) is 0 Å². The summed E-state index contributed by atoms with van der Waals surface area (Å²) in [6.07, 6.45) is 1.78. The summed E-state index contributed by atoms with van der Waals surface area (Å²) < 4.78 is 0. The van der Waals surface area contributed by atoms with Crippen molar-refractivity contribution in [3.05, 3.63) is 48.7 Å². The van der Waals surface area contributed by atoms with Gasteiger partial charge in [-0.3, -0.25) is 4.98 Å². The first-order valence-corrected chi connectivity index (χ1v) is 5.86. The van der Waals surface area contributed by atoms with Crippen molar-refractivity contribution in [3.63, 3.8) is 0 Å². The molecule has 0 saturated carbocycles. The van der Waals surface area contributed by atoms with Gasteiger partial charge in [0.25, 0.3) is 0 Å². The molecule has 0 unspecified atom stereocenters. The molecule has 0 bridgehead atoms. The summed E-state index contributed by atoms with van der Waals surface area (Å²) in [6.45, 7) is 0. The van der Waals surface area contributed by atoms with Gasteiger partial charge in [-0.2, -0.15) is 0 Å². The normalized spacial score (nSPS) is 10.5. The minimum Gasteiger partial charge on any atom is -0.396 e. The summed E-state index contributed by atoms with van der Waals surface area (Å²) in [6, 6.07) is 13.4. The Hall–Kier alpha value is -2.82. The Balaban J connectivity index is 1.94. The number of benzene rings is 1. The Kier molecular flexibility index (Phi) is 2.64. The van der Waals surface area contributed by atoms with Crippen LogP contribution >= 0.6 is 0 Å². The highest BCUT2D eigenvalue weighted by atomic mass is 15.0. The Morgan fingerprint density at radius 2 is 1.89 bits per heavy atom. The van der Waals surface area contributed by atoms with E-state index < -0.39 is 0 Å². The minimum absolute atomic E-state index is 0.326. The van der Waals surface area contributed by atoms with E-state index in [1.807, 2.05) is 30.3 Å². The number of pyridine rings is 2. The molecule has 0 aliphatic carbocycles. The van der Waals surface area contributed by atoms with Crippen molar-refractivity contribution in [2.24, 2.45) is 0 Å². The molecule has 0 radical (unpaired) electrons. The van der Waals surface area contributed by atoms with E-state index in [0.29, 0.717) is 17.3 Å². The van der Waals surface area contributed by atoms with E-state index in [0.717, 1.165) is 16.6 Å². The fourth-order valence-corrected chi connectivity index (χ4v) is 1.86. The predicted octanol–water partition coefficient (Wildman–Crippen LogP) is 2.54. The number of rotatable bonds is 2. The van der Waals surface area contributed by atoms with Crippen molar-refractivity contribution in [2.75, 3.05) is 16.8 Å². The van der Waals surface area contributed by atoms with Crippen LogP contribution in [-0.4, -0.2) is 9.97 Å². The second-order valence-corrected chi connectivity index (χ2v) is 4.21. The highest BCUT2D eigenvalue weighted by Gasteiger charge is 2.01. The van der Waals surface area contributed by atoms with E-state index in [-0.39, 0.29) is 0 Å². The Morgan fingerprint density at radius 1 is 1.00 bits per heavy atom. The van der Waals surface area contributed by atoms with Gasteiger partial charge in [0.15, 0.2) is 0 Å². The van der Waals surface area contributed by atoms with Crippen LogP contribution in [0, 0.1) is 0 Å². The molecule has 2 heterocycles. The lowest BCUT2D eigenvalue weighted by molar-refractivity contribution is 1.32. The Bertz CT molecular complexity index is 739. The van der Waals surface area contributed by atoms with Crippen molar-refractivity contribution in [1.82, 2.24) is 9.97 Å². The molecule has 3 aromatic rings. The number of nitrogens with one attached hydrogen (secondary N) is 1. The molecular formula is C14H13N5. The molecule has 0 spiro atoms. The van der Waals surface area contributed by atoms with Crippen LogP contribution in [-0.2, 0) is 0 Å². The molecule has 3 rings (SSSR count). The molecule has 94 valence electrons. The molecule has 0 amide bonds. The van der Waals surface area contributed by atoms with E-state index in [9.17, 15) is 0 Å². The summed E-state index contributed by atoms with van der Waals surface area (Å²) in [5.74, 6) is 0.988. The average molecular weight is 251 g/mol. The van der Waals surface area contributed by atoms with Gasteiger partial charge in [-0.25, -0.2) is 4.98 Å². The lowest BCUT2D eigenvalue weighted by Crippen LogP contribution is -2.01. The maximum atomic E-state index is 5.68. The number of fused-ring (bicyclic) bond motifs is 1. The van der Waals surface area contributed by atoms with Crippen molar-refractivity contribution in [2.45, 2.75) is 0 Å². The van der Waals surface area contributed by atoms with Gasteiger partial charge in [0, 0.05) is 17.3 Å². The fraction of sp³-hybridized carbons (Fsp3) is 0. The second-order valence-electron chi connectivity index (χ2n) is 4.21. The van der Waals surface area contributed by atoms with E-state index in [1.54, 1.807) is 18.3 Å². The first-order chi connectivity index (χ1) is 9.22. The average Bonchev–Trinajstić information content (AvgIpc) is 2.43. The smallest absolute Gasteiger partial charge is 0.149 e.